The van der Waals surface area contributed by atoms with E-state index in [9.17, 15) is 13.2 Å². The van der Waals surface area contributed by atoms with Crippen molar-refractivity contribution in [1.29, 1.82) is 0 Å². The van der Waals surface area contributed by atoms with E-state index in [4.69, 9.17) is 4.74 Å². The molecule has 34 heavy (non-hydrogen) atoms. The smallest absolute Gasteiger partial charge is 0.412 e. The largest absolute Gasteiger partial charge is 0.444 e. The first kappa shape index (κ1) is 25.4. The quantitative estimate of drug-likeness (QED) is 0.507. The van der Waals surface area contributed by atoms with Crippen LogP contribution >= 0.6 is 0 Å². The van der Waals surface area contributed by atoms with Crippen molar-refractivity contribution in [3.8, 4) is 0 Å². The fraction of sp³-hybridized carbons (Fsp3) is 0.478. The van der Waals surface area contributed by atoms with Crippen LogP contribution in [0.5, 0.6) is 0 Å². The molecule has 0 aliphatic rings. The zero-order chi connectivity index (χ0) is 25.3. The molecule has 0 spiro atoms. The van der Waals surface area contributed by atoms with Gasteiger partial charge in [-0.05, 0) is 56.4 Å². The molecule has 0 saturated carbocycles. The van der Waals surface area contributed by atoms with Crippen molar-refractivity contribution in [2.24, 2.45) is 0 Å². The molecular formula is C23H32N6O4S. The van der Waals surface area contributed by atoms with Gasteiger partial charge in [0.1, 0.15) is 5.60 Å². The van der Waals surface area contributed by atoms with Crippen LogP contribution < -0.4 is 10.6 Å². The highest BCUT2D eigenvalue weighted by molar-refractivity contribution is 7.90. The van der Waals surface area contributed by atoms with Gasteiger partial charge in [0.05, 0.1) is 6.20 Å². The summed E-state index contributed by atoms with van der Waals surface area (Å²) < 4.78 is 31.3. The summed E-state index contributed by atoms with van der Waals surface area (Å²) in [6.45, 7) is 11.7. The lowest BCUT2D eigenvalue weighted by Crippen LogP contribution is -2.27. The molecule has 0 bridgehead atoms. The van der Waals surface area contributed by atoms with Crippen molar-refractivity contribution in [2.75, 3.05) is 16.9 Å². The van der Waals surface area contributed by atoms with Gasteiger partial charge in [-0.3, -0.25) is 5.32 Å². The van der Waals surface area contributed by atoms with E-state index in [0.29, 0.717) is 17.9 Å². The second kappa shape index (κ2) is 9.57. The molecule has 0 atom stereocenters. The Balaban J connectivity index is 1.93. The van der Waals surface area contributed by atoms with Gasteiger partial charge in [0, 0.05) is 24.1 Å². The van der Waals surface area contributed by atoms with Crippen molar-refractivity contribution >= 4 is 33.2 Å². The van der Waals surface area contributed by atoms with Crippen LogP contribution in [0.4, 0.5) is 16.4 Å². The number of fused-ring (bicyclic) bond motifs is 1. The number of benzene rings is 1. The van der Waals surface area contributed by atoms with Crippen LogP contribution in [0.2, 0.25) is 0 Å². The Morgan fingerprint density at radius 3 is 2.47 bits per heavy atom. The minimum atomic E-state index is -3.63. The van der Waals surface area contributed by atoms with Crippen molar-refractivity contribution < 1.29 is 17.9 Å². The number of carbonyl (C=O) groups is 1. The molecular weight excluding hydrogens is 456 g/mol. The molecule has 3 rings (SSSR count). The zero-order valence-corrected chi connectivity index (χ0v) is 21.4. The number of anilines is 2. The molecule has 11 heteroatoms. The first-order chi connectivity index (χ1) is 15.8. The molecule has 0 unspecified atom stereocenters. The summed E-state index contributed by atoms with van der Waals surface area (Å²) in [5.74, 6) is 0.375. The second-order valence-corrected chi connectivity index (χ2v) is 11.3. The molecule has 3 aromatic rings. The van der Waals surface area contributed by atoms with E-state index in [-0.39, 0.29) is 17.0 Å². The lowest BCUT2D eigenvalue weighted by molar-refractivity contribution is 0.0636. The van der Waals surface area contributed by atoms with Gasteiger partial charge in [0.15, 0.2) is 5.65 Å². The normalized spacial score (nSPS) is 12.2. The summed E-state index contributed by atoms with van der Waals surface area (Å²) in [5.41, 5.74) is 3.25. The Kier molecular flexibility index (Phi) is 7.15. The summed E-state index contributed by atoms with van der Waals surface area (Å²) in [4.78, 5) is 20.7. The molecule has 10 nitrogen and oxygen atoms in total. The number of amides is 1. The van der Waals surface area contributed by atoms with E-state index in [2.05, 4.69) is 25.7 Å². The number of hydrogen-bond acceptors (Lipinski definition) is 8. The maximum atomic E-state index is 12.2. The fourth-order valence-corrected chi connectivity index (χ4v) is 3.88. The lowest BCUT2D eigenvalue weighted by atomic mass is 10.0. The number of ether oxygens (including phenoxy) is 1. The van der Waals surface area contributed by atoms with Gasteiger partial charge in [0.2, 0.25) is 15.8 Å². The Bertz CT molecular complexity index is 1310. The molecule has 0 radical (unpaired) electrons. The Morgan fingerprint density at radius 1 is 1.18 bits per heavy atom. The third kappa shape index (κ3) is 6.02. The predicted molar refractivity (Wildman–Crippen MR) is 131 cm³/mol. The van der Waals surface area contributed by atoms with Crippen LogP contribution in [0.25, 0.3) is 5.65 Å². The van der Waals surface area contributed by atoms with Gasteiger partial charge in [-0.25, -0.2) is 13.2 Å². The molecule has 2 aromatic heterocycles. The topological polar surface area (TPSA) is 128 Å². The average Bonchev–Trinajstić information content (AvgIpc) is 3.14. The molecule has 2 heterocycles. The van der Waals surface area contributed by atoms with Gasteiger partial charge < -0.3 is 10.1 Å². The number of hydrogen-bond donors (Lipinski definition) is 2. The number of aromatic nitrogens is 4. The number of nitrogens with one attached hydrogen (secondary N) is 2. The van der Waals surface area contributed by atoms with Crippen molar-refractivity contribution in [3.63, 3.8) is 0 Å². The molecule has 2 N–H and O–H groups in total. The highest BCUT2D eigenvalue weighted by Crippen LogP contribution is 2.23. The van der Waals surface area contributed by atoms with Gasteiger partial charge in [-0.1, -0.05) is 26.8 Å². The zero-order valence-electron chi connectivity index (χ0n) is 20.6. The van der Waals surface area contributed by atoms with Crippen LogP contribution in [0.15, 0.2) is 29.6 Å². The molecule has 1 aromatic carbocycles. The van der Waals surface area contributed by atoms with Crippen LogP contribution in [0.1, 0.15) is 64.2 Å². The first-order valence-corrected chi connectivity index (χ1v) is 13.0. The number of rotatable bonds is 7. The molecule has 0 fully saturated rings. The number of carbonyl (C=O) groups excluding carboxylic acids is 1. The van der Waals surface area contributed by atoms with Crippen LogP contribution in [0, 0.1) is 0 Å². The maximum absolute atomic E-state index is 12.2. The number of nitrogens with zero attached hydrogens (tertiary/aromatic N) is 4. The van der Waals surface area contributed by atoms with Crippen LogP contribution in [-0.4, -0.2) is 45.9 Å². The summed E-state index contributed by atoms with van der Waals surface area (Å²) in [5, 5.41) is 10.1. The molecule has 184 valence electrons. The van der Waals surface area contributed by atoms with Crippen LogP contribution in [0.3, 0.4) is 0 Å². The molecule has 0 aliphatic heterocycles. The van der Waals surface area contributed by atoms with Gasteiger partial charge in [0.25, 0.3) is 5.16 Å². The Labute approximate surface area is 200 Å². The minimum absolute atomic E-state index is 0.106. The van der Waals surface area contributed by atoms with Crippen molar-refractivity contribution in [3.05, 3.63) is 41.1 Å². The number of aryl methyl sites for hydroxylation is 1. The first-order valence-electron chi connectivity index (χ1n) is 11.1. The van der Waals surface area contributed by atoms with Gasteiger partial charge >= 0.3 is 6.09 Å². The highest BCUT2D eigenvalue weighted by Gasteiger charge is 2.20. The van der Waals surface area contributed by atoms with E-state index in [1.54, 1.807) is 27.0 Å². The van der Waals surface area contributed by atoms with E-state index in [1.807, 2.05) is 39.0 Å². The van der Waals surface area contributed by atoms with Crippen molar-refractivity contribution in [2.45, 2.75) is 71.2 Å². The monoisotopic (exact) mass is 488 g/mol. The summed E-state index contributed by atoms with van der Waals surface area (Å²) in [6, 6.07) is 5.61. The van der Waals surface area contributed by atoms with E-state index < -0.39 is 21.5 Å². The Hall–Kier alpha value is -3.21. The molecule has 0 aliphatic carbocycles. The average molecular weight is 489 g/mol. The van der Waals surface area contributed by atoms with Crippen molar-refractivity contribution in [1.82, 2.24) is 19.6 Å². The summed E-state index contributed by atoms with van der Waals surface area (Å²) in [6.07, 6.45) is 2.99. The van der Waals surface area contributed by atoms with Crippen LogP contribution in [-0.2, 0) is 27.5 Å². The van der Waals surface area contributed by atoms with E-state index in [1.165, 1.54) is 4.52 Å². The van der Waals surface area contributed by atoms with E-state index in [0.717, 1.165) is 29.4 Å². The van der Waals surface area contributed by atoms with Gasteiger partial charge in [-0.2, -0.15) is 19.6 Å². The lowest BCUT2D eigenvalue weighted by Gasteiger charge is -2.20. The molecule has 1 amide bonds. The standard InChI is InChI=1S/C23H32N6O4S/c1-8-15-9-10-17(26-22(30)33-23(4,5)6)11-16(15)12-24-20-28-21(34(7,31)32)27-19-18(14(2)3)13-25-29(19)20/h9-11,13-14H,8,12H2,1-7H3,(H,26,30)(H,24,27,28). The fourth-order valence-electron chi connectivity index (χ4n) is 3.37. The minimum Gasteiger partial charge on any atom is -0.444 e. The van der Waals surface area contributed by atoms with E-state index >= 15 is 0 Å². The number of sulfone groups is 1. The summed E-state index contributed by atoms with van der Waals surface area (Å²) >= 11 is 0. The maximum Gasteiger partial charge on any atom is 0.412 e. The third-order valence-corrected chi connectivity index (χ3v) is 5.84. The molecule has 0 saturated heterocycles. The predicted octanol–water partition coefficient (Wildman–Crippen LogP) is 4.17. The second-order valence-electron chi connectivity index (χ2n) is 9.41. The highest BCUT2D eigenvalue weighted by atomic mass is 32.2. The summed E-state index contributed by atoms with van der Waals surface area (Å²) in [7, 11) is -3.63. The third-order valence-electron chi connectivity index (χ3n) is 5.00. The SMILES string of the molecule is CCc1ccc(NC(=O)OC(C)(C)C)cc1CNc1nc(S(C)(=O)=O)nc2c(C(C)C)cnn12. The Morgan fingerprint density at radius 2 is 1.88 bits per heavy atom. The van der Waals surface area contributed by atoms with Gasteiger partial charge in [-0.15, -0.1) is 0 Å².